The first kappa shape index (κ1) is 23.4. The number of carbonyl (C=O) groups is 2. The molecule has 158 valence electrons. The predicted molar refractivity (Wildman–Crippen MR) is 120 cm³/mol. The molecule has 0 aliphatic carbocycles. The molecular formula is C20H27BrN4O3S. The fraction of sp³-hybridized carbons (Fsp3) is 0.500. The van der Waals surface area contributed by atoms with Crippen LogP contribution in [0.3, 0.4) is 0 Å². The minimum atomic E-state index is -0.507. The fourth-order valence-corrected chi connectivity index (χ4v) is 3.79. The SMILES string of the molecule is CC(C)CCNC(=O)NC(=O)CSc1nc2ccc(Br)cc2c(=O)n1CC(C)C. The van der Waals surface area contributed by atoms with E-state index in [9.17, 15) is 14.4 Å². The van der Waals surface area contributed by atoms with Gasteiger partial charge in [-0.15, -0.1) is 0 Å². The van der Waals surface area contributed by atoms with Crippen molar-refractivity contribution in [2.75, 3.05) is 12.3 Å². The van der Waals surface area contributed by atoms with Crippen molar-refractivity contribution >= 4 is 50.5 Å². The van der Waals surface area contributed by atoms with Crippen molar-refractivity contribution in [1.29, 1.82) is 0 Å². The number of fused-ring (bicyclic) bond motifs is 1. The number of amides is 3. The number of hydrogen-bond donors (Lipinski definition) is 2. The van der Waals surface area contributed by atoms with Gasteiger partial charge in [0.25, 0.3) is 5.56 Å². The monoisotopic (exact) mass is 482 g/mol. The maximum atomic E-state index is 13.0. The van der Waals surface area contributed by atoms with Crippen LogP contribution in [0.1, 0.15) is 34.1 Å². The third-order valence-corrected chi connectivity index (χ3v) is 5.49. The molecule has 1 heterocycles. The van der Waals surface area contributed by atoms with Gasteiger partial charge in [0.15, 0.2) is 5.16 Å². The van der Waals surface area contributed by atoms with Crippen LogP contribution in [0.5, 0.6) is 0 Å². The largest absolute Gasteiger partial charge is 0.338 e. The van der Waals surface area contributed by atoms with Gasteiger partial charge in [-0.1, -0.05) is 55.4 Å². The van der Waals surface area contributed by atoms with Gasteiger partial charge < -0.3 is 5.32 Å². The Morgan fingerprint density at radius 3 is 2.59 bits per heavy atom. The number of nitrogens with zero attached hydrogens (tertiary/aromatic N) is 2. The lowest BCUT2D eigenvalue weighted by molar-refractivity contribution is -0.117. The highest BCUT2D eigenvalue weighted by Crippen LogP contribution is 2.21. The van der Waals surface area contributed by atoms with Crippen LogP contribution in [0.2, 0.25) is 0 Å². The zero-order valence-corrected chi connectivity index (χ0v) is 19.5. The fourth-order valence-electron chi connectivity index (χ4n) is 2.62. The number of urea groups is 1. The highest BCUT2D eigenvalue weighted by atomic mass is 79.9. The molecule has 0 unspecified atom stereocenters. The Balaban J connectivity index is 2.12. The van der Waals surface area contributed by atoms with Gasteiger partial charge in [0.05, 0.1) is 16.7 Å². The number of thioether (sulfide) groups is 1. The molecule has 2 aromatic rings. The molecule has 0 aliphatic heterocycles. The number of aromatic nitrogens is 2. The number of carbonyl (C=O) groups excluding carboxylic acids is 2. The Hall–Kier alpha value is -1.87. The molecule has 3 amide bonds. The molecule has 29 heavy (non-hydrogen) atoms. The molecule has 0 bridgehead atoms. The van der Waals surface area contributed by atoms with Gasteiger partial charge >= 0.3 is 6.03 Å². The lowest BCUT2D eigenvalue weighted by Gasteiger charge is -2.15. The average molecular weight is 483 g/mol. The maximum absolute atomic E-state index is 13.0. The van der Waals surface area contributed by atoms with Gasteiger partial charge in [0.1, 0.15) is 0 Å². The zero-order valence-electron chi connectivity index (χ0n) is 17.1. The first-order chi connectivity index (χ1) is 13.7. The van der Waals surface area contributed by atoms with Crippen molar-refractivity contribution in [3.05, 3.63) is 33.0 Å². The van der Waals surface area contributed by atoms with Crippen molar-refractivity contribution in [1.82, 2.24) is 20.2 Å². The van der Waals surface area contributed by atoms with E-state index in [4.69, 9.17) is 0 Å². The van der Waals surface area contributed by atoms with E-state index in [1.165, 1.54) is 0 Å². The van der Waals surface area contributed by atoms with Crippen LogP contribution >= 0.6 is 27.7 Å². The van der Waals surface area contributed by atoms with Crippen LogP contribution < -0.4 is 16.2 Å². The topological polar surface area (TPSA) is 93.1 Å². The second-order valence-corrected chi connectivity index (χ2v) is 9.50. The smallest absolute Gasteiger partial charge is 0.321 e. The Morgan fingerprint density at radius 2 is 1.93 bits per heavy atom. The zero-order chi connectivity index (χ0) is 21.6. The van der Waals surface area contributed by atoms with Crippen molar-refractivity contribution in [3.8, 4) is 0 Å². The molecule has 2 rings (SSSR count). The number of imide groups is 1. The summed E-state index contributed by atoms with van der Waals surface area (Å²) in [5, 5.41) is 5.97. The maximum Gasteiger partial charge on any atom is 0.321 e. The van der Waals surface area contributed by atoms with E-state index < -0.39 is 11.9 Å². The molecular weight excluding hydrogens is 456 g/mol. The Morgan fingerprint density at radius 1 is 1.21 bits per heavy atom. The summed E-state index contributed by atoms with van der Waals surface area (Å²) in [5.74, 6) is 0.264. The summed E-state index contributed by atoms with van der Waals surface area (Å²) < 4.78 is 2.41. The molecule has 0 spiro atoms. The normalized spacial score (nSPS) is 11.3. The van der Waals surface area contributed by atoms with Gasteiger partial charge in [0, 0.05) is 17.6 Å². The highest BCUT2D eigenvalue weighted by molar-refractivity contribution is 9.10. The lowest BCUT2D eigenvalue weighted by atomic mass is 10.1. The average Bonchev–Trinajstić information content (AvgIpc) is 2.62. The summed E-state index contributed by atoms with van der Waals surface area (Å²) in [6.45, 7) is 9.16. The summed E-state index contributed by atoms with van der Waals surface area (Å²) in [4.78, 5) is 41.5. The van der Waals surface area contributed by atoms with E-state index in [1.807, 2.05) is 19.9 Å². The van der Waals surface area contributed by atoms with Gasteiger partial charge in [-0.25, -0.2) is 9.78 Å². The van der Waals surface area contributed by atoms with Crippen molar-refractivity contribution < 1.29 is 9.59 Å². The van der Waals surface area contributed by atoms with Gasteiger partial charge in [0.2, 0.25) is 5.91 Å². The quantitative estimate of drug-likeness (QED) is 0.441. The Labute approximate surface area is 183 Å². The summed E-state index contributed by atoms with van der Waals surface area (Å²) in [5.41, 5.74) is 0.437. The van der Waals surface area contributed by atoms with Crippen LogP contribution in [0.15, 0.2) is 32.6 Å². The van der Waals surface area contributed by atoms with E-state index in [0.29, 0.717) is 35.1 Å². The van der Waals surface area contributed by atoms with Gasteiger partial charge in [-0.3, -0.25) is 19.5 Å². The lowest BCUT2D eigenvalue weighted by Crippen LogP contribution is -2.41. The summed E-state index contributed by atoms with van der Waals surface area (Å²) in [6.07, 6.45) is 0.842. The molecule has 7 nitrogen and oxygen atoms in total. The minimum absolute atomic E-state index is 0.00975. The standard InChI is InChI=1S/C20H27BrN4O3S/c1-12(2)7-8-22-19(28)24-17(26)11-29-20-23-16-6-5-14(21)9-15(16)18(27)25(20)10-13(3)4/h5-6,9,12-13H,7-8,10-11H2,1-4H3,(H2,22,24,26,28). The van der Waals surface area contributed by atoms with E-state index >= 15 is 0 Å². The minimum Gasteiger partial charge on any atom is -0.338 e. The Kier molecular flexibility index (Phi) is 8.70. The second-order valence-electron chi connectivity index (χ2n) is 7.64. The molecule has 1 aromatic carbocycles. The summed E-state index contributed by atoms with van der Waals surface area (Å²) in [7, 11) is 0. The molecule has 9 heteroatoms. The highest BCUT2D eigenvalue weighted by Gasteiger charge is 2.15. The van der Waals surface area contributed by atoms with Gasteiger partial charge in [-0.2, -0.15) is 0 Å². The van der Waals surface area contributed by atoms with Crippen LogP contribution in [0.25, 0.3) is 10.9 Å². The molecule has 0 fully saturated rings. The molecule has 0 saturated heterocycles. The van der Waals surface area contributed by atoms with E-state index in [-0.39, 0.29) is 17.2 Å². The van der Waals surface area contributed by atoms with Crippen LogP contribution in [-0.4, -0.2) is 33.8 Å². The van der Waals surface area contributed by atoms with E-state index in [0.717, 1.165) is 22.7 Å². The van der Waals surface area contributed by atoms with Crippen molar-refractivity contribution in [2.24, 2.45) is 11.8 Å². The third-order valence-electron chi connectivity index (χ3n) is 4.02. The number of rotatable bonds is 8. The predicted octanol–water partition coefficient (Wildman–Crippen LogP) is 3.78. The number of hydrogen-bond acceptors (Lipinski definition) is 5. The first-order valence-corrected chi connectivity index (χ1v) is 11.4. The molecule has 2 N–H and O–H groups in total. The van der Waals surface area contributed by atoms with Crippen molar-refractivity contribution in [3.63, 3.8) is 0 Å². The van der Waals surface area contributed by atoms with Gasteiger partial charge in [-0.05, 0) is 36.5 Å². The van der Waals surface area contributed by atoms with E-state index in [2.05, 4.69) is 45.4 Å². The van der Waals surface area contributed by atoms with Crippen LogP contribution in [-0.2, 0) is 11.3 Å². The molecule has 0 atom stereocenters. The molecule has 1 aromatic heterocycles. The van der Waals surface area contributed by atoms with Crippen LogP contribution in [0, 0.1) is 11.8 Å². The first-order valence-electron chi connectivity index (χ1n) is 9.58. The number of halogens is 1. The molecule has 0 radical (unpaired) electrons. The second kappa shape index (κ2) is 10.8. The molecule has 0 saturated carbocycles. The Bertz CT molecular complexity index is 943. The number of benzene rings is 1. The molecule has 0 aliphatic rings. The third kappa shape index (κ3) is 7.15. The summed E-state index contributed by atoms with van der Waals surface area (Å²) >= 11 is 4.54. The summed E-state index contributed by atoms with van der Waals surface area (Å²) in [6, 6.07) is 4.84. The number of nitrogens with one attached hydrogen (secondary N) is 2. The van der Waals surface area contributed by atoms with Crippen molar-refractivity contribution in [2.45, 2.75) is 45.8 Å². The van der Waals surface area contributed by atoms with E-state index in [1.54, 1.807) is 16.7 Å². The van der Waals surface area contributed by atoms with Crippen LogP contribution in [0.4, 0.5) is 4.79 Å².